The zero-order chi connectivity index (χ0) is 9.94. The van der Waals surface area contributed by atoms with Crippen molar-refractivity contribution in [2.24, 2.45) is 0 Å². The van der Waals surface area contributed by atoms with E-state index in [0.29, 0.717) is 39.5 Å². The van der Waals surface area contributed by atoms with Crippen LogP contribution in [0.15, 0.2) is 0 Å². The summed E-state index contributed by atoms with van der Waals surface area (Å²) in [5.74, 6) is -0.187. The van der Waals surface area contributed by atoms with Crippen molar-refractivity contribution in [3.05, 3.63) is 0 Å². The lowest BCUT2D eigenvalue weighted by molar-refractivity contribution is -0.144. The highest BCUT2D eigenvalue weighted by Crippen LogP contribution is 1.85. The lowest BCUT2D eigenvalue weighted by Gasteiger charge is -2.04. The molecule has 0 heterocycles. The summed E-state index contributed by atoms with van der Waals surface area (Å²) >= 11 is 0. The standard InChI is InChI=1S/C9H18O4/c1-3-9(10)13-8-7-12-6-5-11-4-2/h3-8H2,1-2H3. The number of esters is 1. The third kappa shape index (κ3) is 9.30. The van der Waals surface area contributed by atoms with E-state index in [9.17, 15) is 4.79 Å². The molecule has 0 aliphatic carbocycles. The van der Waals surface area contributed by atoms with Crippen LogP contribution in [0.2, 0.25) is 0 Å². The molecule has 0 saturated carbocycles. The Labute approximate surface area is 79.2 Å². The second kappa shape index (κ2) is 9.48. The maximum atomic E-state index is 10.6. The molecule has 0 aliphatic heterocycles. The third-order valence-electron chi connectivity index (χ3n) is 1.36. The van der Waals surface area contributed by atoms with Crippen molar-refractivity contribution in [2.75, 3.05) is 33.0 Å². The van der Waals surface area contributed by atoms with Gasteiger partial charge in [-0.05, 0) is 6.92 Å². The highest BCUT2D eigenvalue weighted by Gasteiger charge is 1.96. The first-order valence-electron chi connectivity index (χ1n) is 4.62. The van der Waals surface area contributed by atoms with Gasteiger partial charge in [0.1, 0.15) is 6.61 Å². The number of ether oxygens (including phenoxy) is 3. The topological polar surface area (TPSA) is 44.8 Å². The second-order valence-electron chi connectivity index (χ2n) is 2.38. The van der Waals surface area contributed by atoms with Crippen molar-refractivity contribution in [1.82, 2.24) is 0 Å². The Morgan fingerprint density at radius 2 is 1.62 bits per heavy atom. The van der Waals surface area contributed by atoms with Gasteiger partial charge in [-0.15, -0.1) is 0 Å². The van der Waals surface area contributed by atoms with E-state index in [1.807, 2.05) is 6.92 Å². The quantitative estimate of drug-likeness (QED) is 0.423. The van der Waals surface area contributed by atoms with Gasteiger partial charge >= 0.3 is 5.97 Å². The van der Waals surface area contributed by atoms with Crippen molar-refractivity contribution >= 4 is 5.97 Å². The SMILES string of the molecule is CCOCCOCCOC(=O)CC. The molecule has 78 valence electrons. The van der Waals surface area contributed by atoms with Crippen molar-refractivity contribution < 1.29 is 19.0 Å². The molecule has 0 amide bonds. The van der Waals surface area contributed by atoms with Gasteiger partial charge in [-0.3, -0.25) is 4.79 Å². The molecule has 0 radical (unpaired) electrons. The van der Waals surface area contributed by atoms with Crippen LogP contribution >= 0.6 is 0 Å². The summed E-state index contributed by atoms with van der Waals surface area (Å²) < 4.78 is 15.0. The Morgan fingerprint density at radius 3 is 2.23 bits per heavy atom. The van der Waals surface area contributed by atoms with Crippen molar-refractivity contribution in [1.29, 1.82) is 0 Å². The largest absolute Gasteiger partial charge is 0.463 e. The van der Waals surface area contributed by atoms with E-state index in [0.717, 1.165) is 0 Å². The Kier molecular flexibility index (Phi) is 9.03. The minimum Gasteiger partial charge on any atom is -0.463 e. The molecular weight excluding hydrogens is 172 g/mol. The molecule has 0 spiro atoms. The number of hydrogen-bond acceptors (Lipinski definition) is 4. The van der Waals surface area contributed by atoms with Crippen molar-refractivity contribution in [3.8, 4) is 0 Å². The lowest BCUT2D eigenvalue weighted by atomic mass is 10.5. The van der Waals surface area contributed by atoms with Gasteiger partial charge in [0, 0.05) is 13.0 Å². The first kappa shape index (κ1) is 12.4. The average molecular weight is 190 g/mol. The van der Waals surface area contributed by atoms with Crippen LogP contribution in [0.25, 0.3) is 0 Å². The minimum absolute atomic E-state index is 0.187. The molecule has 0 aromatic rings. The van der Waals surface area contributed by atoms with Crippen LogP contribution in [0, 0.1) is 0 Å². The van der Waals surface area contributed by atoms with E-state index in [-0.39, 0.29) is 5.97 Å². The summed E-state index contributed by atoms with van der Waals surface area (Å²) in [5, 5.41) is 0. The second-order valence-corrected chi connectivity index (χ2v) is 2.38. The van der Waals surface area contributed by atoms with E-state index < -0.39 is 0 Å². The van der Waals surface area contributed by atoms with Gasteiger partial charge in [-0.1, -0.05) is 6.92 Å². The predicted molar refractivity (Wildman–Crippen MR) is 48.6 cm³/mol. The molecule has 0 aliphatic rings. The minimum atomic E-state index is -0.187. The van der Waals surface area contributed by atoms with Crippen LogP contribution < -0.4 is 0 Å². The number of rotatable bonds is 8. The molecule has 0 rings (SSSR count). The smallest absolute Gasteiger partial charge is 0.305 e. The van der Waals surface area contributed by atoms with Gasteiger partial charge in [0.2, 0.25) is 0 Å². The number of carbonyl (C=O) groups excluding carboxylic acids is 1. The predicted octanol–water partition coefficient (Wildman–Crippen LogP) is 0.993. The lowest BCUT2D eigenvalue weighted by Crippen LogP contribution is -2.12. The summed E-state index contributed by atoms with van der Waals surface area (Å²) in [6.45, 7) is 6.32. The molecule has 13 heavy (non-hydrogen) atoms. The summed E-state index contributed by atoms with van der Waals surface area (Å²) in [7, 11) is 0. The first-order chi connectivity index (χ1) is 6.31. The van der Waals surface area contributed by atoms with Crippen LogP contribution in [-0.4, -0.2) is 39.0 Å². The molecule has 0 bridgehead atoms. The number of carbonyl (C=O) groups is 1. The third-order valence-corrected chi connectivity index (χ3v) is 1.36. The Hall–Kier alpha value is -0.610. The van der Waals surface area contributed by atoms with Crippen LogP contribution in [0.3, 0.4) is 0 Å². The molecule has 0 atom stereocenters. The first-order valence-corrected chi connectivity index (χ1v) is 4.62. The molecule has 0 fully saturated rings. The highest BCUT2D eigenvalue weighted by molar-refractivity contribution is 5.68. The van der Waals surface area contributed by atoms with Gasteiger partial charge in [0.25, 0.3) is 0 Å². The molecule has 0 N–H and O–H groups in total. The Bertz CT molecular complexity index is 125. The monoisotopic (exact) mass is 190 g/mol. The maximum absolute atomic E-state index is 10.6. The summed E-state index contributed by atoms with van der Waals surface area (Å²) in [6, 6.07) is 0. The zero-order valence-corrected chi connectivity index (χ0v) is 8.38. The normalized spacial score (nSPS) is 10.0. The summed E-state index contributed by atoms with van der Waals surface area (Å²) in [5.41, 5.74) is 0. The van der Waals surface area contributed by atoms with E-state index in [1.165, 1.54) is 0 Å². The molecule has 0 saturated heterocycles. The summed E-state index contributed by atoms with van der Waals surface area (Å²) in [4.78, 5) is 10.6. The average Bonchev–Trinajstić information content (AvgIpc) is 2.16. The van der Waals surface area contributed by atoms with Crippen LogP contribution in [0.5, 0.6) is 0 Å². The fourth-order valence-electron chi connectivity index (χ4n) is 0.681. The Balaban J connectivity index is 2.95. The molecule has 4 heteroatoms. The van der Waals surface area contributed by atoms with Gasteiger partial charge < -0.3 is 14.2 Å². The van der Waals surface area contributed by atoms with Crippen LogP contribution in [0.4, 0.5) is 0 Å². The van der Waals surface area contributed by atoms with Gasteiger partial charge in [-0.2, -0.15) is 0 Å². The van der Waals surface area contributed by atoms with E-state index in [4.69, 9.17) is 14.2 Å². The number of hydrogen-bond donors (Lipinski definition) is 0. The van der Waals surface area contributed by atoms with Crippen molar-refractivity contribution in [2.45, 2.75) is 20.3 Å². The van der Waals surface area contributed by atoms with Crippen molar-refractivity contribution in [3.63, 3.8) is 0 Å². The highest BCUT2D eigenvalue weighted by atomic mass is 16.6. The van der Waals surface area contributed by atoms with Gasteiger partial charge in [0.05, 0.1) is 19.8 Å². The van der Waals surface area contributed by atoms with E-state index >= 15 is 0 Å². The molecule has 0 unspecified atom stereocenters. The summed E-state index contributed by atoms with van der Waals surface area (Å²) in [6.07, 6.45) is 0.416. The van der Waals surface area contributed by atoms with E-state index in [1.54, 1.807) is 6.92 Å². The zero-order valence-electron chi connectivity index (χ0n) is 8.38. The fraction of sp³-hybridized carbons (Fsp3) is 0.889. The molecule has 0 aromatic carbocycles. The van der Waals surface area contributed by atoms with Gasteiger partial charge in [0.15, 0.2) is 0 Å². The molecular formula is C9H18O4. The van der Waals surface area contributed by atoms with Gasteiger partial charge in [-0.25, -0.2) is 0 Å². The molecule has 0 aromatic heterocycles. The van der Waals surface area contributed by atoms with Crippen LogP contribution in [-0.2, 0) is 19.0 Å². The van der Waals surface area contributed by atoms with Crippen LogP contribution in [0.1, 0.15) is 20.3 Å². The van der Waals surface area contributed by atoms with E-state index in [2.05, 4.69) is 0 Å². The fourth-order valence-corrected chi connectivity index (χ4v) is 0.681. The molecule has 4 nitrogen and oxygen atoms in total. The maximum Gasteiger partial charge on any atom is 0.305 e. The Morgan fingerprint density at radius 1 is 1.00 bits per heavy atom.